The van der Waals surface area contributed by atoms with Gasteiger partial charge in [-0.25, -0.2) is 4.98 Å². The van der Waals surface area contributed by atoms with Gasteiger partial charge in [-0.15, -0.1) is 11.8 Å². The number of hydrogen-bond acceptors (Lipinski definition) is 4. The number of carbonyl (C=O) groups excluding carboxylic acids is 1. The molecule has 0 aliphatic carbocycles. The summed E-state index contributed by atoms with van der Waals surface area (Å²) in [5.74, 6) is 0.343. The van der Waals surface area contributed by atoms with Gasteiger partial charge < -0.3 is 5.32 Å². The number of aromatic nitrogens is 1. The highest BCUT2D eigenvalue weighted by atomic mass is 32.2. The first kappa shape index (κ1) is 15.8. The van der Waals surface area contributed by atoms with E-state index >= 15 is 0 Å². The maximum Gasteiger partial charge on any atom is 0.236 e. The maximum absolute atomic E-state index is 12.1. The summed E-state index contributed by atoms with van der Waals surface area (Å²) in [6, 6.07) is 20.0. The van der Waals surface area contributed by atoms with Gasteiger partial charge in [0.05, 0.1) is 16.3 Å². The van der Waals surface area contributed by atoms with Crippen LogP contribution in [0.15, 0.2) is 65.6 Å². The maximum atomic E-state index is 12.1. The first-order valence-corrected chi connectivity index (χ1v) is 9.03. The Kier molecular flexibility index (Phi) is 5.10. The van der Waals surface area contributed by atoms with Crippen LogP contribution in [0, 0.1) is 6.92 Å². The van der Waals surface area contributed by atoms with Gasteiger partial charge in [-0.1, -0.05) is 59.9 Å². The van der Waals surface area contributed by atoms with Crippen LogP contribution >= 0.6 is 23.1 Å². The van der Waals surface area contributed by atoms with Crippen LogP contribution in [0.2, 0.25) is 0 Å². The van der Waals surface area contributed by atoms with Crippen molar-refractivity contribution >= 4 is 34.1 Å². The Bertz CT molecular complexity index is 785. The number of benzene rings is 2. The second-order valence-electron chi connectivity index (χ2n) is 4.95. The molecule has 0 radical (unpaired) electrons. The molecule has 1 amide bonds. The SMILES string of the molecule is Cc1nc(NC(=O)CSc2ccccc2)sc1-c1ccccc1. The Morgan fingerprint density at radius 1 is 1.09 bits per heavy atom. The van der Waals surface area contributed by atoms with E-state index in [-0.39, 0.29) is 5.91 Å². The summed E-state index contributed by atoms with van der Waals surface area (Å²) in [5.41, 5.74) is 2.06. The normalized spacial score (nSPS) is 10.5. The number of anilines is 1. The fourth-order valence-electron chi connectivity index (χ4n) is 2.13. The van der Waals surface area contributed by atoms with E-state index in [4.69, 9.17) is 0 Å². The Morgan fingerprint density at radius 3 is 2.43 bits per heavy atom. The zero-order valence-corrected chi connectivity index (χ0v) is 14.3. The average molecular weight is 340 g/mol. The van der Waals surface area contributed by atoms with E-state index in [1.807, 2.05) is 55.5 Å². The smallest absolute Gasteiger partial charge is 0.236 e. The Balaban J connectivity index is 1.63. The predicted molar refractivity (Wildman–Crippen MR) is 98.1 cm³/mol. The van der Waals surface area contributed by atoms with Gasteiger partial charge in [0, 0.05) is 4.90 Å². The summed E-state index contributed by atoms with van der Waals surface area (Å²) in [6.07, 6.45) is 0. The number of nitrogens with one attached hydrogen (secondary N) is 1. The van der Waals surface area contributed by atoms with Crippen molar-refractivity contribution in [1.29, 1.82) is 0 Å². The van der Waals surface area contributed by atoms with Gasteiger partial charge in [0.2, 0.25) is 5.91 Å². The van der Waals surface area contributed by atoms with E-state index in [9.17, 15) is 4.79 Å². The van der Waals surface area contributed by atoms with Crippen molar-refractivity contribution in [2.75, 3.05) is 11.1 Å². The van der Waals surface area contributed by atoms with Gasteiger partial charge in [-0.05, 0) is 24.6 Å². The molecule has 0 fully saturated rings. The fraction of sp³-hybridized carbons (Fsp3) is 0.111. The van der Waals surface area contributed by atoms with E-state index in [1.165, 1.54) is 23.1 Å². The molecular formula is C18H16N2OS2. The van der Waals surface area contributed by atoms with Crippen molar-refractivity contribution in [2.45, 2.75) is 11.8 Å². The lowest BCUT2D eigenvalue weighted by Crippen LogP contribution is -2.13. The molecule has 0 bridgehead atoms. The first-order chi connectivity index (χ1) is 11.2. The topological polar surface area (TPSA) is 42.0 Å². The zero-order chi connectivity index (χ0) is 16.1. The molecule has 0 spiro atoms. The standard InChI is InChI=1S/C18H16N2OS2/c1-13-17(14-8-4-2-5-9-14)23-18(19-13)20-16(21)12-22-15-10-6-3-7-11-15/h2-11H,12H2,1H3,(H,19,20,21). The van der Waals surface area contributed by atoms with E-state index in [1.54, 1.807) is 0 Å². The molecule has 1 aromatic heterocycles. The minimum Gasteiger partial charge on any atom is -0.301 e. The molecule has 1 heterocycles. The second-order valence-corrected chi connectivity index (χ2v) is 7.00. The molecule has 116 valence electrons. The Morgan fingerprint density at radius 2 is 1.74 bits per heavy atom. The molecule has 5 heteroatoms. The van der Waals surface area contributed by atoms with E-state index in [0.29, 0.717) is 10.9 Å². The molecule has 0 saturated heterocycles. The summed E-state index contributed by atoms with van der Waals surface area (Å²) in [5, 5.41) is 3.54. The van der Waals surface area contributed by atoms with Gasteiger partial charge in [0.1, 0.15) is 0 Å². The third-order valence-electron chi connectivity index (χ3n) is 3.19. The van der Waals surface area contributed by atoms with Crippen molar-refractivity contribution in [3.8, 4) is 10.4 Å². The number of amides is 1. The highest BCUT2D eigenvalue weighted by Crippen LogP contribution is 2.32. The van der Waals surface area contributed by atoms with Crippen LogP contribution in [0.3, 0.4) is 0 Å². The molecule has 3 aromatic rings. The number of thiazole rings is 1. The molecule has 1 N–H and O–H groups in total. The summed E-state index contributed by atoms with van der Waals surface area (Å²) in [7, 11) is 0. The van der Waals surface area contributed by atoms with Crippen LogP contribution in [-0.4, -0.2) is 16.6 Å². The molecule has 23 heavy (non-hydrogen) atoms. The van der Waals surface area contributed by atoms with Gasteiger partial charge in [0.25, 0.3) is 0 Å². The lowest BCUT2D eigenvalue weighted by molar-refractivity contribution is -0.113. The number of aryl methyl sites for hydroxylation is 1. The zero-order valence-electron chi connectivity index (χ0n) is 12.7. The number of hydrogen-bond donors (Lipinski definition) is 1. The third kappa shape index (κ3) is 4.21. The van der Waals surface area contributed by atoms with Gasteiger partial charge >= 0.3 is 0 Å². The summed E-state index contributed by atoms with van der Waals surface area (Å²) in [4.78, 5) is 18.7. The van der Waals surface area contributed by atoms with E-state index in [0.717, 1.165) is 21.0 Å². The van der Waals surface area contributed by atoms with Crippen LogP contribution in [0.5, 0.6) is 0 Å². The second kappa shape index (κ2) is 7.44. The molecule has 0 atom stereocenters. The fourth-order valence-corrected chi connectivity index (χ4v) is 3.84. The molecule has 0 saturated carbocycles. The number of thioether (sulfide) groups is 1. The van der Waals surface area contributed by atoms with Crippen molar-refractivity contribution in [2.24, 2.45) is 0 Å². The lowest BCUT2D eigenvalue weighted by atomic mass is 10.2. The van der Waals surface area contributed by atoms with Crippen LogP contribution in [0.4, 0.5) is 5.13 Å². The number of carbonyl (C=O) groups is 1. The lowest BCUT2D eigenvalue weighted by Gasteiger charge is -2.01. The molecule has 0 aliphatic heterocycles. The van der Waals surface area contributed by atoms with Crippen LogP contribution in [-0.2, 0) is 4.79 Å². The number of nitrogens with zero attached hydrogens (tertiary/aromatic N) is 1. The van der Waals surface area contributed by atoms with Gasteiger partial charge in [0.15, 0.2) is 5.13 Å². The Hall–Kier alpha value is -2.11. The van der Waals surface area contributed by atoms with Gasteiger partial charge in [-0.2, -0.15) is 0 Å². The summed E-state index contributed by atoms with van der Waals surface area (Å²) < 4.78 is 0. The summed E-state index contributed by atoms with van der Waals surface area (Å²) >= 11 is 3.03. The largest absolute Gasteiger partial charge is 0.301 e. The van der Waals surface area contributed by atoms with Crippen LogP contribution < -0.4 is 5.32 Å². The quantitative estimate of drug-likeness (QED) is 0.675. The van der Waals surface area contributed by atoms with Crippen molar-refractivity contribution < 1.29 is 4.79 Å². The summed E-state index contributed by atoms with van der Waals surface area (Å²) in [6.45, 7) is 1.97. The van der Waals surface area contributed by atoms with Crippen LogP contribution in [0.1, 0.15) is 5.69 Å². The highest BCUT2D eigenvalue weighted by Gasteiger charge is 2.12. The minimum atomic E-state index is -0.0350. The van der Waals surface area contributed by atoms with Gasteiger partial charge in [-0.3, -0.25) is 4.79 Å². The Labute approximate surface area is 143 Å². The monoisotopic (exact) mass is 340 g/mol. The van der Waals surface area contributed by atoms with Crippen molar-refractivity contribution in [1.82, 2.24) is 4.98 Å². The van der Waals surface area contributed by atoms with E-state index in [2.05, 4.69) is 22.4 Å². The number of rotatable bonds is 5. The minimum absolute atomic E-state index is 0.0350. The van der Waals surface area contributed by atoms with E-state index < -0.39 is 0 Å². The third-order valence-corrected chi connectivity index (χ3v) is 5.33. The van der Waals surface area contributed by atoms with Crippen molar-refractivity contribution in [3.05, 3.63) is 66.4 Å². The highest BCUT2D eigenvalue weighted by molar-refractivity contribution is 8.00. The molecule has 0 unspecified atom stereocenters. The average Bonchev–Trinajstić information content (AvgIpc) is 2.95. The molecule has 2 aromatic carbocycles. The molecule has 3 rings (SSSR count). The predicted octanol–water partition coefficient (Wildman–Crippen LogP) is 4.85. The van der Waals surface area contributed by atoms with Crippen LogP contribution in [0.25, 0.3) is 10.4 Å². The van der Waals surface area contributed by atoms with Crippen molar-refractivity contribution in [3.63, 3.8) is 0 Å². The molecule has 0 aliphatic rings. The molecule has 3 nitrogen and oxygen atoms in total. The first-order valence-electron chi connectivity index (χ1n) is 7.23. The molecular weight excluding hydrogens is 324 g/mol.